The second-order valence-corrected chi connectivity index (χ2v) is 5.31. The first-order valence-corrected chi connectivity index (χ1v) is 5.68. The highest BCUT2D eigenvalue weighted by atomic mass is 79.9. The van der Waals surface area contributed by atoms with E-state index in [0.29, 0.717) is 6.42 Å². The summed E-state index contributed by atoms with van der Waals surface area (Å²) < 4.78 is 1.01. The number of carbonyl (C=O) groups excluding carboxylic acids is 1. The number of allylic oxidation sites excluding steroid dienone is 1. The van der Waals surface area contributed by atoms with Gasteiger partial charge in [-0.3, -0.25) is 4.79 Å². The second kappa shape index (κ2) is 4.72. The molecule has 70 valence electrons. The molecule has 0 aromatic carbocycles. The van der Waals surface area contributed by atoms with E-state index in [9.17, 15) is 4.79 Å². The van der Waals surface area contributed by atoms with E-state index in [2.05, 4.69) is 22.5 Å². The van der Waals surface area contributed by atoms with Crippen molar-refractivity contribution in [3.8, 4) is 0 Å². The third-order valence-electron chi connectivity index (χ3n) is 1.67. The molecule has 0 aliphatic carbocycles. The van der Waals surface area contributed by atoms with Crippen LogP contribution in [0.4, 0.5) is 0 Å². The summed E-state index contributed by atoms with van der Waals surface area (Å²) in [5, 5.41) is 1.88. The van der Waals surface area contributed by atoms with Crippen LogP contribution in [0.2, 0.25) is 0 Å². The molecule has 1 nitrogen and oxygen atoms in total. The number of halogens is 1. The Morgan fingerprint density at radius 1 is 1.62 bits per heavy atom. The van der Waals surface area contributed by atoms with Crippen molar-refractivity contribution in [2.24, 2.45) is 0 Å². The van der Waals surface area contributed by atoms with Crippen molar-refractivity contribution >= 4 is 33.0 Å². The summed E-state index contributed by atoms with van der Waals surface area (Å²) >= 11 is 4.87. The van der Waals surface area contributed by atoms with Gasteiger partial charge in [0, 0.05) is 17.4 Å². The first-order valence-electron chi connectivity index (χ1n) is 4.01. The summed E-state index contributed by atoms with van der Waals surface area (Å²) in [5.41, 5.74) is 1.86. The zero-order valence-corrected chi connectivity index (χ0v) is 9.87. The molecule has 0 amide bonds. The topological polar surface area (TPSA) is 17.1 Å². The van der Waals surface area contributed by atoms with Gasteiger partial charge in [-0.05, 0) is 35.3 Å². The van der Waals surface area contributed by atoms with E-state index in [1.807, 2.05) is 18.4 Å². The van der Waals surface area contributed by atoms with Crippen LogP contribution in [0.15, 0.2) is 27.4 Å². The van der Waals surface area contributed by atoms with Gasteiger partial charge in [-0.1, -0.05) is 5.57 Å². The molecule has 1 aromatic rings. The number of rotatable bonds is 4. The molecule has 1 rings (SSSR count). The number of thiophene rings is 1. The molecule has 0 saturated carbocycles. The van der Waals surface area contributed by atoms with E-state index in [1.165, 1.54) is 0 Å². The van der Waals surface area contributed by atoms with Crippen LogP contribution in [0.25, 0.3) is 0 Å². The van der Waals surface area contributed by atoms with Gasteiger partial charge in [-0.25, -0.2) is 0 Å². The minimum absolute atomic E-state index is 0.199. The molecule has 0 saturated heterocycles. The van der Waals surface area contributed by atoms with E-state index in [1.54, 1.807) is 11.3 Å². The molecule has 1 heterocycles. The quantitative estimate of drug-likeness (QED) is 0.589. The molecular weight excluding hydrogens is 248 g/mol. The van der Waals surface area contributed by atoms with Gasteiger partial charge < -0.3 is 0 Å². The van der Waals surface area contributed by atoms with E-state index in [0.717, 1.165) is 21.3 Å². The molecule has 0 bridgehead atoms. The molecule has 0 atom stereocenters. The van der Waals surface area contributed by atoms with Crippen molar-refractivity contribution in [2.75, 3.05) is 0 Å². The van der Waals surface area contributed by atoms with Gasteiger partial charge in [-0.15, -0.1) is 17.9 Å². The molecule has 13 heavy (non-hydrogen) atoms. The van der Waals surface area contributed by atoms with E-state index in [-0.39, 0.29) is 5.78 Å². The highest BCUT2D eigenvalue weighted by Crippen LogP contribution is 2.22. The van der Waals surface area contributed by atoms with E-state index in [4.69, 9.17) is 0 Å². The molecule has 0 spiro atoms. The molecule has 1 aromatic heterocycles. The third kappa shape index (κ3) is 3.44. The molecule has 0 aliphatic rings. The lowest BCUT2D eigenvalue weighted by Crippen LogP contribution is -1.96. The highest BCUT2D eigenvalue weighted by Gasteiger charge is 2.07. The molecule has 0 unspecified atom stereocenters. The molecule has 3 heteroatoms. The minimum atomic E-state index is 0.199. The Bertz CT molecular complexity index is 327. The summed E-state index contributed by atoms with van der Waals surface area (Å²) in [4.78, 5) is 11.5. The predicted molar refractivity (Wildman–Crippen MR) is 60.4 cm³/mol. The SMILES string of the molecule is C=C(C)CCC(=O)c1csc(Br)c1. The fraction of sp³-hybridized carbons (Fsp3) is 0.300. The summed E-state index contributed by atoms with van der Waals surface area (Å²) in [6.07, 6.45) is 1.35. The first kappa shape index (κ1) is 10.7. The first-order chi connectivity index (χ1) is 6.09. The predicted octanol–water partition coefficient (Wildman–Crippen LogP) is 4.05. The van der Waals surface area contributed by atoms with Crippen molar-refractivity contribution < 1.29 is 4.79 Å². The fourth-order valence-electron chi connectivity index (χ4n) is 0.928. The van der Waals surface area contributed by atoms with Crippen molar-refractivity contribution in [1.82, 2.24) is 0 Å². The highest BCUT2D eigenvalue weighted by molar-refractivity contribution is 9.11. The fourth-order valence-corrected chi connectivity index (χ4v) is 2.09. The van der Waals surface area contributed by atoms with Crippen LogP contribution in [-0.4, -0.2) is 5.78 Å². The lowest BCUT2D eigenvalue weighted by molar-refractivity contribution is 0.0983. The van der Waals surface area contributed by atoms with Crippen LogP contribution in [0, 0.1) is 0 Å². The monoisotopic (exact) mass is 258 g/mol. The number of hydrogen-bond acceptors (Lipinski definition) is 2. The Balaban J connectivity index is 2.54. The van der Waals surface area contributed by atoms with Gasteiger partial charge in [-0.2, -0.15) is 0 Å². The molecule has 0 radical (unpaired) electrons. The van der Waals surface area contributed by atoms with Crippen molar-refractivity contribution in [1.29, 1.82) is 0 Å². The Morgan fingerprint density at radius 2 is 2.31 bits per heavy atom. The summed E-state index contributed by atoms with van der Waals surface area (Å²) in [6.45, 7) is 5.71. The Labute approximate surface area is 90.6 Å². The third-order valence-corrected chi connectivity index (χ3v) is 3.17. The zero-order valence-electron chi connectivity index (χ0n) is 7.47. The van der Waals surface area contributed by atoms with E-state index < -0.39 is 0 Å². The van der Waals surface area contributed by atoms with Crippen LogP contribution < -0.4 is 0 Å². The largest absolute Gasteiger partial charge is 0.294 e. The van der Waals surface area contributed by atoms with Crippen molar-refractivity contribution in [3.05, 3.63) is 32.9 Å². The number of hydrogen-bond donors (Lipinski definition) is 0. The van der Waals surface area contributed by atoms with Gasteiger partial charge in [0.1, 0.15) is 0 Å². The maximum absolute atomic E-state index is 11.5. The van der Waals surface area contributed by atoms with Crippen LogP contribution in [0.5, 0.6) is 0 Å². The second-order valence-electron chi connectivity index (χ2n) is 3.02. The minimum Gasteiger partial charge on any atom is -0.294 e. The Kier molecular flexibility index (Phi) is 3.88. The Hall–Kier alpha value is -0.410. The van der Waals surface area contributed by atoms with Crippen molar-refractivity contribution in [3.63, 3.8) is 0 Å². The zero-order chi connectivity index (χ0) is 9.84. The molecular formula is C10H11BrOS. The average Bonchev–Trinajstić information content (AvgIpc) is 2.47. The number of ketones is 1. The van der Waals surface area contributed by atoms with Gasteiger partial charge in [0.05, 0.1) is 3.79 Å². The van der Waals surface area contributed by atoms with Gasteiger partial charge in [0.2, 0.25) is 0 Å². The van der Waals surface area contributed by atoms with Crippen LogP contribution >= 0.6 is 27.3 Å². The molecule has 0 N–H and O–H groups in total. The van der Waals surface area contributed by atoms with Gasteiger partial charge in [0.15, 0.2) is 5.78 Å². The van der Waals surface area contributed by atoms with Crippen LogP contribution in [0.3, 0.4) is 0 Å². The normalized spacial score (nSPS) is 10.0. The van der Waals surface area contributed by atoms with Crippen molar-refractivity contribution in [2.45, 2.75) is 19.8 Å². The summed E-state index contributed by atoms with van der Waals surface area (Å²) in [7, 11) is 0. The lowest BCUT2D eigenvalue weighted by atomic mass is 10.1. The Morgan fingerprint density at radius 3 is 2.77 bits per heavy atom. The molecule has 0 fully saturated rings. The summed E-state index contributed by atoms with van der Waals surface area (Å²) in [5.74, 6) is 0.199. The average molecular weight is 259 g/mol. The van der Waals surface area contributed by atoms with Crippen LogP contribution in [-0.2, 0) is 0 Å². The lowest BCUT2D eigenvalue weighted by Gasteiger charge is -1.96. The van der Waals surface area contributed by atoms with E-state index >= 15 is 0 Å². The summed E-state index contributed by atoms with van der Waals surface area (Å²) in [6, 6.07) is 1.87. The number of carbonyl (C=O) groups is 1. The smallest absolute Gasteiger partial charge is 0.164 e. The standard InChI is InChI=1S/C10H11BrOS/c1-7(2)3-4-9(12)8-5-10(11)13-6-8/h5-6H,1,3-4H2,2H3. The maximum Gasteiger partial charge on any atom is 0.164 e. The molecule has 0 aliphatic heterocycles. The maximum atomic E-state index is 11.5. The van der Waals surface area contributed by atoms with Gasteiger partial charge in [0.25, 0.3) is 0 Å². The van der Waals surface area contributed by atoms with Crippen LogP contribution in [0.1, 0.15) is 30.1 Å². The number of Topliss-reactive ketones (excluding diaryl/α,β-unsaturated/α-hetero) is 1. The van der Waals surface area contributed by atoms with Gasteiger partial charge >= 0.3 is 0 Å².